The molecule has 10 heteroatoms. The third kappa shape index (κ3) is 7.15. The minimum Gasteiger partial charge on any atom is -0.354 e. The molecule has 37 heavy (non-hydrogen) atoms. The number of hydrogen-bond acceptors (Lipinski definition) is 5. The van der Waals surface area contributed by atoms with Crippen molar-refractivity contribution in [3.63, 3.8) is 0 Å². The van der Waals surface area contributed by atoms with Crippen LogP contribution in [0.2, 0.25) is 10.0 Å². The van der Waals surface area contributed by atoms with Gasteiger partial charge in [0.25, 0.3) is 0 Å². The second-order valence-electron chi connectivity index (χ2n) is 8.98. The number of rotatable bonds is 10. The molecule has 3 aromatic rings. The number of benzene rings is 3. The van der Waals surface area contributed by atoms with E-state index < -0.39 is 17.7 Å². The second kappa shape index (κ2) is 12.5. The van der Waals surface area contributed by atoms with Gasteiger partial charge in [-0.1, -0.05) is 47.5 Å². The Kier molecular flexibility index (Phi) is 9.31. The van der Waals surface area contributed by atoms with Crippen LogP contribution in [0.4, 0.5) is 14.5 Å². The molecule has 1 fully saturated rings. The van der Waals surface area contributed by atoms with Gasteiger partial charge in [0.1, 0.15) is 11.6 Å². The van der Waals surface area contributed by atoms with Crippen molar-refractivity contribution in [1.82, 2.24) is 10.2 Å². The fourth-order valence-corrected chi connectivity index (χ4v) is 5.53. The highest BCUT2D eigenvalue weighted by Gasteiger charge is 2.38. The molecule has 196 valence electrons. The van der Waals surface area contributed by atoms with E-state index in [1.807, 2.05) is 52.8 Å². The van der Waals surface area contributed by atoms with E-state index in [2.05, 4.69) is 10.2 Å². The molecule has 1 heterocycles. The molecular weight excluding hydrogens is 537 g/mol. The van der Waals surface area contributed by atoms with Gasteiger partial charge < -0.3 is 15.4 Å². The average molecular weight is 566 g/mol. The Morgan fingerprint density at radius 3 is 2.03 bits per heavy atom. The van der Waals surface area contributed by atoms with Gasteiger partial charge in [0, 0.05) is 41.5 Å². The molecule has 1 unspecified atom stereocenters. The van der Waals surface area contributed by atoms with Crippen LogP contribution in [0.25, 0.3) is 0 Å². The summed E-state index contributed by atoms with van der Waals surface area (Å²) in [6.45, 7) is 3.32. The zero-order valence-corrected chi connectivity index (χ0v) is 22.5. The van der Waals surface area contributed by atoms with Crippen LogP contribution in [0, 0.1) is 11.6 Å². The highest BCUT2D eigenvalue weighted by Crippen LogP contribution is 2.38. The lowest BCUT2D eigenvalue weighted by Gasteiger charge is -2.49. The van der Waals surface area contributed by atoms with Crippen LogP contribution in [0.1, 0.15) is 24.1 Å². The maximum atomic E-state index is 14.1. The van der Waals surface area contributed by atoms with Gasteiger partial charge in [0.15, 0.2) is 0 Å². The molecule has 0 aliphatic carbocycles. The number of likely N-dealkylation sites (tertiary alicyclic amines) is 1. The summed E-state index contributed by atoms with van der Waals surface area (Å²) in [5.74, 6) is -0.998. The third-order valence-corrected chi connectivity index (χ3v) is 7.78. The summed E-state index contributed by atoms with van der Waals surface area (Å²) in [5.41, 5.74) is 8.22. The van der Waals surface area contributed by atoms with E-state index >= 15 is 0 Å². The third-order valence-electron chi connectivity index (χ3n) is 6.11. The van der Waals surface area contributed by atoms with Crippen molar-refractivity contribution in [2.24, 2.45) is 5.73 Å². The number of anilines is 1. The Hall–Kier alpha value is -2.36. The molecular formula is C27H28Cl2F2N4OS. The lowest BCUT2D eigenvalue weighted by Crippen LogP contribution is -2.59. The fourth-order valence-electron chi connectivity index (χ4n) is 4.29. The quantitative estimate of drug-likeness (QED) is 0.245. The first-order valence-corrected chi connectivity index (χ1v) is 13.6. The number of nitrogens with two attached hydrogens (primary N) is 1. The Balaban J connectivity index is 1.52. The van der Waals surface area contributed by atoms with Gasteiger partial charge in [-0.05, 0) is 66.4 Å². The molecule has 5 nitrogen and oxygen atoms in total. The van der Waals surface area contributed by atoms with Crippen molar-refractivity contribution >= 4 is 46.7 Å². The highest BCUT2D eigenvalue weighted by atomic mass is 35.5. The molecule has 0 bridgehead atoms. The molecule has 4 rings (SSSR count). The number of nitrogens with zero attached hydrogens (tertiary/aromatic N) is 2. The minimum atomic E-state index is -0.637. The van der Waals surface area contributed by atoms with Crippen LogP contribution >= 0.6 is 35.1 Å². The first kappa shape index (κ1) is 27.7. The second-order valence-corrected chi connectivity index (χ2v) is 10.9. The van der Waals surface area contributed by atoms with Crippen LogP contribution < -0.4 is 15.4 Å². The molecule has 0 aromatic heterocycles. The van der Waals surface area contributed by atoms with Crippen molar-refractivity contribution in [3.8, 4) is 0 Å². The molecule has 1 amide bonds. The van der Waals surface area contributed by atoms with Gasteiger partial charge in [-0.2, -0.15) is 0 Å². The average Bonchev–Trinajstić information content (AvgIpc) is 2.82. The molecule has 1 atom stereocenters. The number of hydrogen-bond donors (Lipinski definition) is 2. The van der Waals surface area contributed by atoms with Crippen LogP contribution in [-0.2, 0) is 4.79 Å². The SMILES string of the molecule is CC(N)C(=O)NCCSN(c1cc(F)cc(F)c1)C1CN(C(c2ccc(Cl)cc2)c2ccc(Cl)cc2)C1. The minimum absolute atomic E-state index is 0.00238. The predicted octanol–water partition coefficient (Wildman–Crippen LogP) is 5.66. The number of carbonyl (C=O) groups excluding carboxylic acids is 1. The normalized spacial score (nSPS) is 14.9. The molecule has 3 aromatic carbocycles. The van der Waals surface area contributed by atoms with E-state index in [9.17, 15) is 13.6 Å². The van der Waals surface area contributed by atoms with Gasteiger partial charge in [-0.25, -0.2) is 8.78 Å². The Morgan fingerprint density at radius 1 is 1.03 bits per heavy atom. The van der Waals surface area contributed by atoms with Gasteiger partial charge in [-0.3, -0.25) is 9.69 Å². The Labute approximate surface area is 230 Å². The summed E-state index contributed by atoms with van der Waals surface area (Å²) in [7, 11) is 0. The number of nitrogens with one attached hydrogen (secondary N) is 1. The van der Waals surface area contributed by atoms with E-state index in [1.54, 1.807) is 6.92 Å². The number of halogens is 4. The summed E-state index contributed by atoms with van der Waals surface area (Å²) >= 11 is 13.7. The summed E-state index contributed by atoms with van der Waals surface area (Å²) < 4.78 is 30.1. The molecule has 3 N–H and O–H groups in total. The summed E-state index contributed by atoms with van der Waals surface area (Å²) in [5, 5.41) is 4.09. The maximum Gasteiger partial charge on any atom is 0.236 e. The van der Waals surface area contributed by atoms with Gasteiger partial charge >= 0.3 is 0 Å². The largest absolute Gasteiger partial charge is 0.354 e. The Bertz CT molecular complexity index is 1140. The molecule has 1 aliphatic heterocycles. The molecule has 0 radical (unpaired) electrons. The molecule has 0 spiro atoms. The van der Waals surface area contributed by atoms with E-state index in [-0.39, 0.29) is 18.0 Å². The fraction of sp³-hybridized carbons (Fsp3) is 0.296. The highest BCUT2D eigenvalue weighted by molar-refractivity contribution is 8.00. The van der Waals surface area contributed by atoms with E-state index in [0.717, 1.165) is 17.2 Å². The van der Waals surface area contributed by atoms with Crippen LogP contribution in [-0.4, -0.2) is 48.3 Å². The van der Waals surface area contributed by atoms with Crippen LogP contribution in [0.5, 0.6) is 0 Å². The smallest absolute Gasteiger partial charge is 0.236 e. The zero-order valence-electron chi connectivity index (χ0n) is 20.2. The van der Waals surface area contributed by atoms with E-state index in [4.69, 9.17) is 28.9 Å². The number of carbonyl (C=O) groups is 1. The van der Waals surface area contributed by atoms with Crippen molar-refractivity contribution < 1.29 is 13.6 Å². The molecule has 1 aliphatic rings. The van der Waals surface area contributed by atoms with Crippen LogP contribution in [0.3, 0.4) is 0 Å². The van der Waals surface area contributed by atoms with E-state index in [1.165, 1.54) is 24.1 Å². The van der Waals surface area contributed by atoms with Crippen LogP contribution in [0.15, 0.2) is 66.7 Å². The molecule has 1 saturated heterocycles. The molecule has 0 saturated carbocycles. The van der Waals surface area contributed by atoms with Gasteiger partial charge in [0.05, 0.1) is 23.8 Å². The standard InChI is InChI=1S/C27H28Cl2F2N4OS/c1-17(32)27(36)33-10-11-37-35(24-13-22(30)12-23(31)14-24)25-15-34(16-25)26(18-2-6-20(28)7-3-18)19-4-8-21(29)9-5-19/h2-9,12-14,17,25-26H,10-11,15-16,32H2,1H3,(H,33,36). The first-order chi connectivity index (χ1) is 17.7. The van der Waals surface area contributed by atoms with E-state index in [0.29, 0.717) is 41.1 Å². The monoisotopic (exact) mass is 564 g/mol. The topological polar surface area (TPSA) is 61.6 Å². The van der Waals surface area contributed by atoms with Crippen molar-refractivity contribution in [3.05, 3.63) is 99.5 Å². The predicted molar refractivity (Wildman–Crippen MR) is 148 cm³/mol. The summed E-state index contributed by atoms with van der Waals surface area (Å²) in [6.07, 6.45) is 0. The zero-order chi connectivity index (χ0) is 26.5. The lowest BCUT2D eigenvalue weighted by atomic mass is 9.93. The summed E-state index contributed by atoms with van der Waals surface area (Å²) in [4.78, 5) is 14.1. The summed E-state index contributed by atoms with van der Waals surface area (Å²) in [6, 6.07) is 18.4. The van der Waals surface area contributed by atoms with Gasteiger partial charge in [-0.15, -0.1) is 0 Å². The van der Waals surface area contributed by atoms with Crippen molar-refractivity contribution in [2.45, 2.75) is 25.0 Å². The lowest BCUT2D eigenvalue weighted by molar-refractivity contribution is -0.121. The number of amides is 1. The van der Waals surface area contributed by atoms with Gasteiger partial charge in [0.2, 0.25) is 5.91 Å². The first-order valence-electron chi connectivity index (χ1n) is 11.9. The maximum absolute atomic E-state index is 14.1. The Morgan fingerprint density at radius 2 is 1.54 bits per heavy atom. The van der Waals surface area contributed by atoms with Crippen molar-refractivity contribution in [2.75, 3.05) is 29.7 Å². The van der Waals surface area contributed by atoms with Crippen molar-refractivity contribution in [1.29, 1.82) is 0 Å².